The molecule has 0 bridgehead atoms. The molecule has 0 radical (unpaired) electrons. The van der Waals surface area contributed by atoms with Crippen LogP contribution in [0.5, 0.6) is 0 Å². The van der Waals surface area contributed by atoms with Crippen molar-refractivity contribution in [3.63, 3.8) is 0 Å². The highest BCUT2D eigenvalue weighted by atomic mass is 32.1. The number of piperazine rings is 1. The van der Waals surface area contributed by atoms with E-state index in [2.05, 4.69) is 34.8 Å². The molecule has 1 amide bonds. The van der Waals surface area contributed by atoms with Crippen molar-refractivity contribution in [3.8, 4) is 0 Å². The third-order valence-corrected chi connectivity index (χ3v) is 5.23. The maximum absolute atomic E-state index is 12.7. The van der Waals surface area contributed by atoms with E-state index in [0.717, 1.165) is 49.8 Å². The maximum Gasteiger partial charge on any atom is 0.264 e. The number of carbonyl (C=O) groups is 1. The van der Waals surface area contributed by atoms with E-state index in [4.69, 9.17) is 0 Å². The Hall–Kier alpha value is -1.95. The molecule has 0 aromatic carbocycles. The second kappa shape index (κ2) is 7.08. The quantitative estimate of drug-likeness (QED) is 0.865. The maximum atomic E-state index is 12.7. The molecule has 6 heteroatoms. The lowest BCUT2D eigenvalue weighted by Crippen LogP contribution is -2.49. The summed E-state index contributed by atoms with van der Waals surface area (Å²) in [4.78, 5) is 27.5. The van der Waals surface area contributed by atoms with Crippen molar-refractivity contribution in [1.29, 1.82) is 0 Å². The summed E-state index contributed by atoms with van der Waals surface area (Å²) in [5.41, 5.74) is 1.32. The van der Waals surface area contributed by atoms with E-state index in [1.165, 1.54) is 10.4 Å². The van der Waals surface area contributed by atoms with Gasteiger partial charge in [0.25, 0.3) is 5.91 Å². The van der Waals surface area contributed by atoms with Crippen LogP contribution in [0.2, 0.25) is 0 Å². The average Bonchev–Trinajstić information content (AvgIpc) is 2.96. The zero-order valence-corrected chi connectivity index (χ0v) is 14.5. The van der Waals surface area contributed by atoms with Crippen LogP contribution in [0, 0.1) is 6.92 Å². The molecule has 1 fully saturated rings. The zero-order valence-electron chi connectivity index (χ0n) is 13.7. The van der Waals surface area contributed by atoms with Crippen LogP contribution in [-0.4, -0.2) is 47.0 Å². The Balaban J connectivity index is 1.63. The lowest BCUT2D eigenvalue weighted by molar-refractivity contribution is 0.0751. The van der Waals surface area contributed by atoms with E-state index in [1.807, 2.05) is 11.0 Å². The predicted octanol–water partition coefficient (Wildman–Crippen LogP) is 2.76. The van der Waals surface area contributed by atoms with Gasteiger partial charge < -0.3 is 9.80 Å². The van der Waals surface area contributed by atoms with E-state index < -0.39 is 0 Å². The first kappa shape index (κ1) is 15.9. The molecule has 3 heterocycles. The Kier molecular flexibility index (Phi) is 4.91. The van der Waals surface area contributed by atoms with E-state index in [1.54, 1.807) is 23.7 Å². The van der Waals surface area contributed by atoms with Gasteiger partial charge in [0.2, 0.25) is 5.95 Å². The van der Waals surface area contributed by atoms with E-state index in [-0.39, 0.29) is 5.91 Å². The standard InChI is InChI=1S/C17H22N4OS/c1-3-5-14-12-15(23-13(14)2)16(22)20-8-10-21(11-9-20)17-18-6-4-7-19-17/h4,6-7,12H,3,5,8-11H2,1-2H3. The summed E-state index contributed by atoms with van der Waals surface area (Å²) in [7, 11) is 0. The third-order valence-electron chi connectivity index (χ3n) is 4.15. The molecular weight excluding hydrogens is 308 g/mol. The largest absolute Gasteiger partial charge is 0.337 e. The highest BCUT2D eigenvalue weighted by molar-refractivity contribution is 7.14. The summed E-state index contributed by atoms with van der Waals surface area (Å²) in [6.07, 6.45) is 5.67. The molecule has 23 heavy (non-hydrogen) atoms. The molecule has 0 unspecified atom stereocenters. The van der Waals surface area contributed by atoms with Crippen LogP contribution in [0.1, 0.15) is 33.5 Å². The number of carbonyl (C=O) groups excluding carboxylic acids is 1. The van der Waals surface area contributed by atoms with Crippen molar-refractivity contribution in [2.75, 3.05) is 31.1 Å². The fourth-order valence-corrected chi connectivity index (χ4v) is 3.90. The highest BCUT2D eigenvalue weighted by Gasteiger charge is 2.24. The minimum Gasteiger partial charge on any atom is -0.337 e. The van der Waals surface area contributed by atoms with Crippen molar-refractivity contribution in [1.82, 2.24) is 14.9 Å². The molecule has 0 aliphatic carbocycles. The Morgan fingerprint density at radius 2 is 1.91 bits per heavy atom. The highest BCUT2D eigenvalue weighted by Crippen LogP contribution is 2.24. The van der Waals surface area contributed by atoms with Gasteiger partial charge in [0, 0.05) is 43.4 Å². The van der Waals surface area contributed by atoms with Gasteiger partial charge in [-0.3, -0.25) is 4.79 Å². The van der Waals surface area contributed by atoms with Gasteiger partial charge in [-0.2, -0.15) is 0 Å². The normalized spacial score (nSPS) is 15.0. The molecule has 1 aliphatic heterocycles. The molecule has 122 valence electrons. The van der Waals surface area contributed by atoms with Gasteiger partial charge in [-0.1, -0.05) is 13.3 Å². The summed E-state index contributed by atoms with van der Waals surface area (Å²) in [5, 5.41) is 0. The number of hydrogen-bond acceptors (Lipinski definition) is 5. The fourth-order valence-electron chi connectivity index (χ4n) is 2.86. The van der Waals surface area contributed by atoms with Gasteiger partial charge in [0.15, 0.2) is 0 Å². The van der Waals surface area contributed by atoms with Crippen molar-refractivity contribution in [3.05, 3.63) is 39.8 Å². The van der Waals surface area contributed by atoms with Gasteiger partial charge in [0.1, 0.15) is 0 Å². The summed E-state index contributed by atoms with van der Waals surface area (Å²) in [5.74, 6) is 0.908. The van der Waals surface area contributed by atoms with Crippen LogP contribution >= 0.6 is 11.3 Å². The second-order valence-electron chi connectivity index (χ2n) is 5.77. The zero-order chi connectivity index (χ0) is 16.2. The first-order valence-electron chi connectivity index (χ1n) is 8.09. The summed E-state index contributed by atoms with van der Waals surface area (Å²) < 4.78 is 0. The van der Waals surface area contributed by atoms with Gasteiger partial charge in [-0.05, 0) is 31.0 Å². The number of thiophene rings is 1. The lowest BCUT2D eigenvalue weighted by Gasteiger charge is -2.34. The number of rotatable bonds is 4. The van der Waals surface area contributed by atoms with Crippen molar-refractivity contribution in [2.24, 2.45) is 0 Å². The number of amides is 1. The van der Waals surface area contributed by atoms with Crippen molar-refractivity contribution < 1.29 is 4.79 Å². The Morgan fingerprint density at radius 3 is 2.57 bits per heavy atom. The van der Waals surface area contributed by atoms with E-state index >= 15 is 0 Å². The molecule has 0 atom stereocenters. The summed E-state index contributed by atoms with van der Waals surface area (Å²) >= 11 is 1.62. The van der Waals surface area contributed by atoms with E-state index in [0.29, 0.717) is 0 Å². The van der Waals surface area contributed by atoms with Crippen LogP contribution in [0.3, 0.4) is 0 Å². The Labute approximate surface area is 141 Å². The van der Waals surface area contributed by atoms with Gasteiger partial charge >= 0.3 is 0 Å². The summed E-state index contributed by atoms with van der Waals surface area (Å²) in [6.45, 7) is 7.28. The van der Waals surface area contributed by atoms with Crippen LogP contribution in [-0.2, 0) is 6.42 Å². The molecule has 1 aliphatic rings. The minimum atomic E-state index is 0.161. The minimum absolute atomic E-state index is 0.161. The average molecular weight is 330 g/mol. The van der Waals surface area contributed by atoms with Gasteiger partial charge in [-0.25, -0.2) is 9.97 Å². The molecule has 3 rings (SSSR count). The van der Waals surface area contributed by atoms with Crippen LogP contribution in [0.4, 0.5) is 5.95 Å². The second-order valence-corrected chi connectivity index (χ2v) is 7.03. The molecular formula is C17H22N4OS. The molecule has 0 saturated carbocycles. The fraction of sp³-hybridized carbons (Fsp3) is 0.471. The first-order valence-corrected chi connectivity index (χ1v) is 8.91. The molecule has 2 aromatic heterocycles. The molecule has 0 spiro atoms. The van der Waals surface area contributed by atoms with Crippen LogP contribution in [0.15, 0.2) is 24.5 Å². The number of aromatic nitrogens is 2. The van der Waals surface area contributed by atoms with Crippen molar-refractivity contribution in [2.45, 2.75) is 26.7 Å². The number of anilines is 1. The Morgan fingerprint density at radius 1 is 1.22 bits per heavy atom. The van der Waals surface area contributed by atoms with Gasteiger partial charge in [0.05, 0.1) is 4.88 Å². The number of nitrogens with zero attached hydrogens (tertiary/aromatic N) is 4. The first-order chi connectivity index (χ1) is 11.2. The monoisotopic (exact) mass is 330 g/mol. The number of hydrogen-bond donors (Lipinski definition) is 0. The van der Waals surface area contributed by atoms with Crippen molar-refractivity contribution >= 4 is 23.2 Å². The number of aryl methyl sites for hydroxylation is 2. The SMILES string of the molecule is CCCc1cc(C(=O)N2CCN(c3ncccn3)CC2)sc1C. The van der Waals surface area contributed by atoms with Gasteiger partial charge in [-0.15, -0.1) is 11.3 Å². The third kappa shape index (κ3) is 3.52. The van der Waals surface area contributed by atoms with Crippen LogP contribution < -0.4 is 4.90 Å². The van der Waals surface area contributed by atoms with E-state index in [9.17, 15) is 4.79 Å². The predicted molar refractivity (Wildman–Crippen MR) is 93.2 cm³/mol. The van der Waals surface area contributed by atoms with Crippen LogP contribution in [0.25, 0.3) is 0 Å². The molecule has 1 saturated heterocycles. The molecule has 0 N–H and O–H groups in total. The molecule has 5 nitrogen and oxygen atoms in total. The lowest BCUT2D eigenvalue weighted by atomic mass is 10.1. The topological polar surface area (TPSA) is 49.3 Å². The Bertz CT molecular complexity index is 662. The summed E-state index contributed by atoms with van der Waals surface area (Å²) in [6, 6.07) is 3.90. The smallest absolute Gasteiger partial charge is 0.264 e. The molecule has 2 aromatic rings.